The Balaban J connectivity index is 0.000000361. The number of carbonyl (C=O) groups excluding carboxylic acids is 5. The fraction of sp³-hybridized carbons (Fsp3) is 0.426. The highest BCUT2D eigenvalue weighted by molar-refractivity contribution is 7.18. The molecule has 4 N–H and O–H groups in total. The molecule has 0 bridgehead atoms. The number of hydrogen-bond donors (Lipinski definition) is 4. The number of alkyl halides is 3. The molecule has 2 aliphatic heterocycles. The molecule has 9 rings (SSSR count). The number of aliphatic imine (C=N–C) groups is 2. The second-order valence-corrected chi connectivity index (χ2v) is 24.3. The van der Waals surface area contributed by atoms with Gasteiger partial charge < -0.3 is 30.3 Å². The van der Waals surface area contributed by atoms with E-state index >= 15 is 0 Å². The van der Waals surface area contributed by atoms with Crippen molar-refractivity contribution in [2.45, 2.75) is 126 Å². The summed E-state index contributed by atoms with van der Waals surface area (Å²) >= 11 is 1.74. The Labute approximate surface area is 533 Å². The number of ketones is 3. The minimum absolute atomic E-state index is 0.0390. The van der Waals surface area contributed by atoms with E-state index < -0.39 is 17.8 Å². The number of phenolic OH excluding ortho intramolecular Hbond substituents is 1. The molecular weight excluding hydrogens is 1170 g/mol. The molecule has 5 aromatic carbocycles. The van der Waals surface area contributed by atoms with Crippen molar-refractivity contribution in [3.8, 4) is 5.75 Å². The van der Waals surface area contributed by atoms with Gasteiger partial charge in [-0.15, -0.1) is 21.5 Å². The summed E-state index contributed by atoms with van der Waals surface area (Å²) in [6.45, 7) is 31.0. The number of halogens is 3. The molecule has 0 unspecified atom stereocenters. The van der Waals surface area contributed by atoms with Gasteiger partial charge in [-0.2, -0.15) is 18.4 Å². The lowest BCUT2D eigenvalue weighted by molar-refractivity contribution is -0.137. The monoisotopic (exact) mass is 1260 g/mol. The SMILES string of the molecule is CC(=O)CN=Cc1cc(C(C)(C)C)c(O)c(C(C)(C)C)c1.CC(=O)CN=Cc1ccc(C)cc1.CC(=O)N1CCCCC1.CC(=O)c1ccccc1.CN1CCOCC1.CNC(=O)Nc1cccc(C(F)(F)F)c1.Cc1nc2ccccc2s1.Cc1nn[nH]n1. The van der Waals surface area contributed by atoms with E-state index in [2.05, 4.69) is 106 Å². The molecule has 0 saturated carbocycles. The zero-order valence-corrected chi connectivity index (χ0v) is 55.7. The predicted molar refractivity (Wildman–Crippen MR) is 357 cm³/mol. The fourth-order valence-electron chi connectivity index (χ4n) is 7.79. The van der Waals surface area contributed by atoms with Crippen LogP contribution < -0.4 is 10.6 Å². The molecule has 7 aromatic rings. The number of likely N-dealkylation sites (tertiary alicyclic amines) is 1. The third kappa shape index (κ3) is 33.3. The average Bonchev–Trinajstić information content (AvgIpc) is 1.01. The summed E-state index contributed by atoms with van der Waals surface area (Å²) in [6.07, 6.45) is 2.72. The molecule has 22 heteroatoms. The number of para-hydroxylation sites is 1. The van der Waals surface area contributed by atoms with Crippen molar-refractivity contribution in [2.75, 3.05) is 71.9 Å². The topological polar surface area (TPSA) is 237 Å². The quantitative estimate of drug-likeness (QED) is 0.0821. The second kappa shape index (κ2) is 40.3. The number of carbonyl (C=O) groups is 5. The van der Waals surface area contributed by atoms with Gasteiger partial charge in [0, 0.05) is 75.0 Å². The molecule has 0 spiro atoms. The van der Waals surface area contributed by atoms with Gasteiger partial charge in [0.05, 0.1) is 47.1 Å². The minimum atomic E-state index is -4.40. The lowest BCUT2D eigenvalue weighted by Gasteiger charge is -2.27. The number of Topliss-reactive ketones (excluding diaryl/α,β-unsaturated/α-hetero) is 3. The summed E-state index contributed by atoms with van der Waals surface area (Å²) < 4.78 is 43.2. The number of aromatic nitrogens is 5. The Morgan fingerprint density at radius 1 is 0.700 bits per heavy atom. The number of amides is 3. The predicted octanol–water partition coefficient (Wildman–Crippen LogP) is 13.4. The van der Waals surface area contributed by atoms with Crippen LogP contribution >= 0.6 is 11.3 Å². The first kappa shape index (κ1) is 77.8. The number of nitrogens with zero attached hydrogens (tertiary/aromatic N) is 8. The number of fused-ring (bicyclic) bond motifs is 1. The number of nitrogens with one attached hydrogen (secondary N) is 3. The highest BCUT2D eigenvalue weighted by Gasteiger charge is 2.30. The number of thiazole rings is 1. The third-order valence-corrected chi connectivity index (χ3v) is 13.6. The fourth-order valence-corrected chi connectivity index (χ4v) is 8.62. The van der Waals surface area contributed by atoms with Crippen molar-refractivity contribution >= 4 is 69.0 Å². The van der Waals surface area contributed by atoms with Gasteiger partial charge in [-0.1, -0.05) is 125 Å². The van der Waals surface area contributed by atoms with Crippen LogP contribution in [0.25, 0.3) is 10.2 Å². The Kier molecular flexibility index (Phi) is 34.8. The number of phenols is 1. The first-order chi connectivity index (χ1) is 42.3. The number of aryl methyl sites for hydroxylation is 3. The van der Waals surface area contributed by atoms with Crippen LogP contribution in [-0.2, 0) is 36.1 Å². The number of ether oxygens (including phenoxy) is 1. The molecule has 2 aromatic heterocycles. The summed E-state index contributed by atoms with van der Waals surface area (Å²) in [5.74, 6) is 1.51. The van der Waals surface area contributed by atoms with Gasteiger partial charge in [0.15, 0.2) is 23.2 Å². The second-order valence-electron chi connectivity index (χ2n) is 23.1. The molecule has 4 heterocycles. The maximum atomic E-state index is 12.3. The lowest BCUT2D eigenvalue weighted by Crippen LogP contribution is -2.33. The zero-order chi connectivity index (χ0) is 67.5. The van der Waals surface area contributed by atoms with Crippen LogP contribution in [-0.4, -0.2) is 149 Å². The summed E-state index contributed by atoms with van der Waals surface area (Å²) in [4.78, 5) is 70.4. The number of anilines is 1. The van der Waals surface area contributed by atoms with Gasteiger partial charge >= 0.3 is 12.2 Å². The number of H-pyrrole nitrogens is 1. The summed E-state index contributed by atoms with van der Waals surface area (Å²) in [5, 5.41) is 29.0. The summed E-state index contributed by atoms with van der Waals surface area (Å²) in [7, 11) is 3.49. The van der Waals surface area contributed by atoms with E-state index in [1.165, 1.54) is 62.6 Å². The molecule has 90 heavy (non-hydrogen) atoms. The number of rotatable bonds is 8. The Morgan fingerprint density at radius 2 is 1.24 bits per heavy atom. The standard InChI is InChI=1S/C18H27NO2.C11H13NO.C9H9F3N2O.C8H7NS.C8H8O.C7H13NO.C5H11NO.C2H4N4/c1-12(20)10-19-11-13-8-14(17(2,3)4)16(21)15(9-13)18(5,6)7;1-9-3-5-11(6-4-9)8-12-7-10(2)13;1-13-8(15)14-7-4-2-3-6(5-7)9(10,11)12;1-6-9-7-4-2-3-5-8(7)10-6;2*1-7(9)8-5-3-2-4-6-8;1-6-2-4-7-5-3-6;1-2-3-5-6-4-2/h8-9,11,21H,10H2,1-7H3;3-6,8H,7H2,1-2H3;2-5H,1H3,(H2,13,14,15);2-5H,1H3;2-6H,1H3;2-6H2,1H3;2-5H2,1H3;1H3,(H,3,4,5,6). The molecule has 0 aliphatic carbocycles. The number of hydrogen-bond acceptors (Lipinski definition) is 15. The van der Waals surface area contributed by atoms with E-state index in [0.29, 0.717) is 11.6 Å². The number of aromatic amines is 1. The maximum absolute atomic E-state index is 12.3. The molecule has 2 saturated heterocycles. The highest BCUT2D eigenvalue weighted by Crippen LogP contribution is 2.39. The van der Waals surface area contributed by atoms with Gasteiger partial charge in [0.1, 0.15) is 5.75 Å². The number of piperidine rings is 1. The van der Waals surface area contributed by atoms with Crippen LogP contribution in [0.1, 0.15) is 143 Å². The molecule has 18 nitrogen and oxygen atoms in total. The number of tetrazole rings is 1. The van der Waals surface area contributed by atoms with E-state index in [1.54, 1.807) is 44.5 Å². The van der Waals surface area contributed by atoms with Gasteiger partial charge in [0.2, 0.25) is 5.91 Å². The molecule has 488 valence electrons. The smallest absolute Gasteiger partial charge is 0.416 e. The maximum Gasteiger partial charge on any atom is 0.416 e. The van der Waals surface area contributed by atoms with Gasteiger partial charge in [0.25, 0.3) is 0 Å². The number of morpholine rings is 1. The first-order valence-corrected chi connectivity index (χ1v) is 30.3. The van der Waals surface area contributed by atoms with Crippen molar-refractivity contribution in [3.05, 3.63) is 165 Å². The Hall–Kier alpha value is -8.34. The van der Waals surface area contributed by atoms with E-state index in [9.17, 15) is 42.3 Å². The Bertz CT molecular complexity index is 3240. The number of likely N-dealkylation sites (N-methyl/N-ethyl adjacent to an activating group) is 1. The van der Waals surface area contributed by atoms with E-state index in [1.807, 2.05) is 104 Å². The molecule has 3 amide bonds. The third-order valence-electron chi connectivity index (χ3n) is 12.7. The van der Waals surface area contributed by atoms with Crippen molar-refractivity contribution in [3.63, 3.8) is 0 Å². The molecular formula is C68H92F3N11O7S. The van der Waals surface area contributed by atoms with Gasteiger partial charge in [-0.05, 0) is 132 Å². The summed E-state index contributed by atoms with van der Waals surface area (Å²) in [6, 6.07) is 33.2. The molecule has 2 fully saturated rings. The lowest BCUT2D eigenvalue weighted by atomic mass is 9.78. The van der Waals surface area contributed by atoms with Crippen molar-refractivity contribution in [2.24, 2.45) is 9.98 Å². The van der Waals surface area contributed by atoms with Gasteiger partial charge in [-0.3, -0.25) is 29.2 Å². The van der Waals surface area contributed by atoms with E-state index in [4.69, 9.17) is 4.74 Å². The largest absolute Gasteiger partial charge is 0.507 e. The van der Waals surface area contributed by atoms with Crippen LogP contribution in [0.2, 0.25) is 0 Å². The van der Waals surface area contributed by atoms with E-state index in [0.717, 1.165) is 89.9 Å². The molecule has 0 atom stereocenters. The van der Waals surface area contributed by atoms with Crippen LogP contribution in [0.4, 0.5) is 23.7 Å². The highest BCUT2D eigenvalue weighted by atomic mass is 32.1. The Morgan fingerprint density at radius 3 is 1.66 bits per heavy atom. The number of aromatic hydroxyl groups is 1. The average molecular weight is 1260 g/mol. The van der Waals surface area contributed by atoms with Crippen LogP contribution in [0.5, 0.6) is 5.75 Å². The van der Waals surface area contributed by atoms with Crippen LogP contribution in [0, 0.1) is 20.8 Å². The summed E-state index contributed by atoms with van der Waals surface area (Å²) in [5.41, 5.74) is 5.86. The van der Waals surface area contributed by atoms with Crippen molar-refractivity contribution < 1.29 is 47.0 Å². The molecule has 0 radical (unpaired) electrons. The number of urea groups is 1. The van der Waals surface area contributed by atoms with Crippen LogP contribution in [0.3, 0.4) is 0 Å². The van der Waals surface area contributed by atoms with Gasteiger partial charge in [-0.25, -0.2) is 9.78 Å². The van der Waals surface area contributed by atoms with Crippen molar-refractivity contribution in [1.29, 1.82) is 0 Å². The molecule has 2 aliphatic rings. The normalized spacial score (nSPS) is 13.0. The zero-order valence-electron chi connectivity index (χ0n) is 54.9. The minimum Gasteiger partial charge on any atom is -0.507 e. The van der Waals surface area contributed by atoms with E-state index in [-0.39, 0.29) is 52.9 Å². The first-order valence-electron chi connectivity index (χ1n) is 29.5. The number of benzene rings is 5. The van der Waals surface area contributed by atoms with Crippen molar-refractivity contribution in [1.82, 2.24) is 40.7 Å². The van der Waals surface area contributed by atoms with Crippen LogP contribution in [0.15, 0.2) is 125 Å².